The summed E-state index contributed by atoms with van der Waals surface area (Å²) in [5, 5.41) is 2.87. The summed E-state index contributed by atoms with van der Waals surface area (Å²) in [5.41, 5.74) is 7.72. The topological polar surface area (TPSA) is 67.6 Å². The van der Waals surface area contributed by atoms with Crippen LogP contribution in [0.1, 0.15) is 5.56 Å². The molecule has 1 saturated heterocycles. The van der Waals surface area contributed by atoms with Crippen LogP contribution >= 0.6 is 0 Å². The molecular weight excluding hydrogens is 230 g/mol. The minimum atomic E-state index is -0.00327. The van der Waals surface area contributed by atoms with Crippen molar-refractivity contribution in [2.45, 2.75) is 13.0 Å². The van der Waals surface area contributed by atoms with Gasteiger partial charge in [0.25, 0.3) is 0 Å². The molecule has 1 amide bonds. The predicted octanol–water partition coefficient (Wildman–Crippen LogP) is 0.267. The van der Waals surface area contributed by atoms with Crippen molar-refractivity contribution in [3.8, 4) is 5.75 Å². The highest BCUT2D eigenvalue weighted by Crippen LogP contribution is 2.29. The number of carbonyl (C=O) groups excluding carboxylic acids is 1. The Morgan fingerprint density at radius 3 is 3.00 bits per heavy atom. The molecule has 1 aliphatic rings. The summed E-state index contributed by atoms with van der Waals surface area (Å²) in [6.45, 7) is 3.52. The number of hydrogen-bond donors (Lipinski definition) is 2. The lowest BCUT2D eigenvalue weighted by Crippen LogP contribution is -2.56. The molecule has 1 fully saturated rings. The molecule has 0 spiro atoms. The maximum atomic E-state index is 11.7. The van der Waals surface area contributed by atoms with Gasteiger partial charge in [0.05, 0.1) is 25.4 Å². The van der Waals surface area contributed by atoms with E-state index in [1.165, 1.54) is 0 Å². The van der Waals surface area contributed by atoms with Crippen molar-refractivity contribution < 1.29 is 9.53 Å². The molecule has 1 aliphatic heterocycles. The Kier molecular flexibility index (Phi) is 3.72. The fourth-order valence-electron chi connectivity index (χ4n) is 2.19. The van der Waals surface area contributed by atoms with Crippen molar-refractivity contribution >= 4 is 11.6 Å². The Morgan fingerprint density at radius 1 is 1.56 bits per heavy atom. The van der Waals surface area contributed by atoms with Crippen molar-refractivity contribution in [1.29, 1.82) is 0 Å². The second-order valence-corrected chi connectivity index (χ2v) is 4.56. The zero-order valence-corrected chi connectivity index (χ0v) is 10.8. The molecule has 0 aliphatic carbocycles. The Labute approximate surface area is 107 Å². The number of benzene rings is 1. The highest BCUT2D eigenvalue weighted by atomic mass is 16.5. The van der Waals surface area contributed by atoms with E-state index in [0.717, 1.165) is 17.0 Å². The first-order valence-corrected chi connectivity index (χ1v) is 6.03. The SMILES string of the molecule is COc1ccc(C)cc1N1CC(=O)NC(CN)C1. The minimum Gasteiger partial charge on any atom is -0.495 e. The standard InChI is InChI=1S/C13H19N3O2/c1-9-3-4-12(18-2)11(5-9)16-7-10(6-14)15-13(17)8-16/h3-5,10H,6-8,14H2,1-2H3,(H,15,17). The van der Waals surface area contributed by atoms with E-state index >= 15 is 0 Å². The van der Waals surface area contributed by atoms with E-state index in [1.54, 1.807) is 7.11 Å². The molecule has 3 N–H and O–H groups in total. The quantitative estimate of drug-likeness (QED) is 0.806. The molecule has 1 atom stereocenters. The number of amides is 1. The summed E-state index contributed by atoms with van der Waals surface area (Å²) in [5.74, 6) is 0.784. The lowest BCUT2D eigenvalue weighted by atomic mass is 10.1. The fourth-order valence-corrected chi connectivity index (χ4v) is 2.19. The van der Waals surface area contributed by atoms with Crippen LogP contribution in [0.25, 0.3) is 0 Å². The number of nitrogens with one attached hydrogen (secondary N) is 1. The highest BCUT2D eigenvalue weighted by molar-refractivity contribution is 5.84. The number of ether oxygens (including phenoxy) is 1. The summed E-state index contributed by atoms with van der Waals surface area (Å²) in [6.07, 6.45) is 0. The zero-order valence-electron chi connectivity index (χ0n) is 10.8. The Bertz CT molecular complexity index is 448. The van der Waals surface area contributed by atoms with Crippen LogP contribution in [0.3, 0.4) is 0 Å². The molecular formula is C13H19N3O2. The average molecular weight is 249 g/mol. The number of nitrogens with zero attached hydrogens (tertiary/aromatic N) is 1. The number of hydrogen-bond acceptors (Lipinski definition) is 4. The molecule has 5 nitrogen and oxygen atoms in total. The maximum Gasteiger partial charge on any atom is 0.239 e. The van der Waals surface area contributed by atoms with Gasteiger partial charge in [-0.05, 0) is 24.6 Å². The number of piperazine rings is 1. The largest absolute Gasteiger partial charge is 0.495 e. The molecule has 1 heterocycles. The van der Waals surface area contributed by atoms with E-state index in [2.05, 4.69) is 5.32 Å². The van der Waals surface area contributed by atoms with E-state index in [9.17, 15) is 4.79 Å². The van der Waals surface area contributed by atoms with Gasteiger partial charge >= 0.3 is 0 Å². The predicted molar refractivity (Wildman–Crippen MR) is 70.9 cm³/mol. The summed E-state index contributed by atoms with van der Waals surface area (Å²) in [7, 11) is 1.64. The molecule has 18 heavy (non-hydrogen) atoms. The summed E-state index contributed by atoms with van der Waals surface area (Å²) < 4.78 is 5.35. The minimum absolute atomic E-state index is 0.000240. The number of nitrogens with two attached hydrogens (primary N) is 1. The Morgan fingerprint density at radius 2 is 2.33 bits per heavy atom. The van der Waals surface area contributed by atoms with E-state index in [1.807, 2.05) is 30.0 Å². The zero-order chi connectivity index (χ0) is 13.1. The monoisotopic (exact) mass is 249 g/mol. The van der Waals surface area contributed by atoms with Gasteiger partial charge in [-0.1, -0.05) is 6.07 Å². The average Bonchev–Trinajstić information content (AvgIpc) is 2.38. The molecule has 5 heteroatoms. The van der Waals surface area contributed by atoms with Crippen molar-refractivity contribution in [2.75, 3.05) is 31.6 Å². The van der Waals surface area contributed by atoms with Crippen LogP contribution in [0.4, 0.5) is 5.69 Å². The van der Waals surface area contributed by atoms with Gasteiger partial charge in [0.15, 0.2) is 0 Å². The van der Waals surface area contributed by atoms with Crippen molar-refractivity contribution in [3.63, 3.8) is 0 Å². The van der Waals surface area contributed by atoms with Crippen LogP contribution in [0.2, 0.25) is 0 Å². The third-order valence-electron chi connectivity index (χ3n) is 3.10. The highest BCUT2D eigenvalue weighted by Gasteiger charge is 2.25. The van der Waals surface area contributed by atoms with Gasteiger partial charge in [0, 0.05) is 13.1 Å². The molecule has 0 radical (unpaired) electrons. The van der Waals surface area contributed by atoms with Crippen molar-refractivity contribution in [2.24, 2.45) is 5.73 Å². The van der Waals surface area contributed by atoms with Crippen molar-refractivity contribution in [3.05, 3.63) is 23.8 Å². The van der Waals surface area contributed by atoms with Gasteiger partial charge in [-0.2, -0.15) is 0 Å². The third kappa shape index (κ3) is 2.56. The van der Waals surface area contributed by atoms with Crippen molar-refractivity contribution in [1.82, 2.24) is 5.32 Å². The summed E-state index contributed by atoms with van der Waals surface area (Å²) >= 11 is 0. The Balaban J connectivity index is 2.29. The molecule has 98 valence electrons. The van der Waals surface area contributed by atoms with Gasteiger partial charge in [0.1, 0.15) is 5.75 Å². The smallest absolute Gasteiger partial charge is 0.239 e. The summed E-state index contributed by atoms with van der Waals surface area (Å²) in [6, 6.07) is 5.95. The number of carbonyl (C=O) groups is 1. The number of methoxy groups -OCH3 is 1. The van der Waals surface area contributed by atoms with Crippen LogP contribution in [0, 0.1) is 6.92 Å². The Hall–Kier alpha value is -1.75. The van der Waals surface area contributed by atoms with Crippen LogP contribution in [0.5, 0.6) is 5.75 Å². The molecule has 1 aromatic rings. The third-order valence-corrected chi connectivity index (χ3v) is 3.10. The number of anilines is 1. The van der Waals surface area contributed by atoms with E-state index in [-0.39, 0.29) is 11.9 Å². The van der Waals surface area contributed by atoms with Crippen LogP contribution < -0.4 is 20.7 Å². The molecule has 2 rings (SSSR count). The fraction of sp³-hybridized carbons (Fsp3) is 0.462. The number of rotatable bonds is 3. The first kappa shape index (κ1) is 12.7. The summed E-state index contributed by atoms with van der Waals surface area (Å²) in [4.78, 5) is 13.7. The molecule has 0 aromatic heterocycles. The first-order chi connectivity index (χ1) is 8.63. The normalized spacial score (nSPS) is 19.6. The van der Waals surface area contributed by atoms with Crippen LogP contribution in [-0.4, -0.2) is 38.7 Å². The van der Waals surface area contributed by atoms with Crippen LogP contribution in [0.15, 0.2) is 18.2 Å². The second-order valence-electron chi connectivity index (χ2n) is 4.56. The van der Waals surface area contributed by atoms with E-state index < -0.39 is 0 Å². The first-order valence-electron chi connectivity index (χ1n) is 6.03. The number of aryl methyl sites for hydroxylation is 1. The lowest BCUT2D eigenvalue weighted by molar-refractivity contribution is -0.121. The molecule has 0 bridgehead atoms. The van der Waals surface area contributed by atoms with Gasteiger partial charge in [0.2, 0.25) is 5.91 Å². The van der Waals surface area contributed by atoms with Gasteiger partial charge < -0.3 is 20.7 Å². The lowest BCUT2D eigenvalue weighted by Gasteiger charge is -2.34. The van der Waals surface area contributed by atoms with Gasteiger partial charge in [-0.25, -0.2) is 0 Å². The van der Waals surface area contributed by atoms with Gasteiger partial charge in [-0.3, -0.25) is 4.79 Å². The maximum absolute atomic E-state index is 11.7. The molecule has 1 aromatic carbocycles. The second kappa shape index (κ2) is 5.27. The van der Waals surface area contributed by atoms with Gasteiger partial charge in [-0.15, -0.1) is 0 Å². The van der Waals surface area contributed by atoms with Crippen LogP contribution in [-0.2, 0) is 4.79 Å². The van der Waals surface area contributed by atoms with E-state index in [4.69, 9.17) is 10.5 Å². The molecule has 0 saturated carbocycles. The molecule has 1 unspecified atom stereocenters. The van der Waals surface area contributed by atoms with E-state index in [0.29, 0.717) is 19.6 Å².